The van der Waals surface area contributed by atoms with E-state index in [2.05, 4.69) is 31.9 Å². The van der Waals surface area contributed by atoms with E-state index in [1.54, 1.807) is 24.2 Å². The zero-order valence-corrected chi connectivity index (χ0v) is 15.5. The van der Waals surface area contributed by atoms with E-state index in [0.717, 1.165) is 36.0 Å². The molecule has 2 N–H and O–H groups in total. The fraction of sp³-hybridized carbons (Fsp3) is 0.200. The van der Waals surface area contributed by atoms with E-state index < -0.39 is 0 Å². The molecule has 1 atom stereocenters. The Kier molecular flexibility index (Phi) is 4.10. The van der Waals surface area contributed by atoms with Crippen molar-refractivity contribution in [3.63, 3.8) is 0 Å². The van der Waals surface area contributed by atoms with Crippen molar-refractivity contribution in [1.29, 1.82) is 0 Å². The Balaban J connectivity index is 1.39. The molecule has 0 spiro atoms. The molecule has 6 nitrogen and oxygen atoms in total. The van der Waals surface area contributed by atoms with E-state index in [0.29, 0.717) is 5.88 Å². The molecule has 3 aromatic rings. The molecule has 2 aromatic carbocycles. The monoisotopic (exact) mass is 377 g/mol. The van der Waals surface area contributed by atoms with Gasteiger partial charge >= 0.3 is 0 Å². The van der Waals surface area contributed by atoms with Crippen molar-refractivity contribution >= 4 is 29.0 Å². The van der Waals surface area contributed by atoms with Crippen LogP contribution in [-0.4, -0.2) is 28.6 Å². The molecule has 0 aliphatic carbocycles. The van der Waals surface area contributed by atoms with Gasteiger partial charge in [-0.3, -0.25) is 0 Å². The third-order valence-corrected chi connectivity index (χ3v) is 5.81. The number of benzene rings is 2. The number of rotatable bonds is 4. The van der Waals surface area contributed by atoms with E-state index in [1.165, 1.54) is 11.3 Å². The van der Waals surface area contributed by atoms with Crippen LogP contribution in [0.1, 0.15) is 6.42 Å². The van der Waals surface area contributed by atoms with Crippen LogP contribution in [-0.2, 0) is 0 Å². The first-order chi connectivity index (χ1) is 13.3. The van der Waals surface area contributed by atoms with Gasteiger partial charge in [-0.1, -0.05) is 23.9 Å². The largest absolute Gasteiger partial charge is 0.436 e. The highest BCUT2D eigenvalue weighted by atomic mass is 32.2. The lowest BCUT2D eigenvalue weighted by atomic mass is 10.2. The number of aromatic nitrogens is 2. The number of hydrogen-bond donors (Lipinski definition) is 1. The van der Waals surface area contributed by atoms with Gasteiger partial charge < -0.3 is 20.3 Å². The standard InChI is InChI=1S/C20H19N5OS/c21-20-25(16-4-1-2-5-17(16)27-20)14-6-8-15(9-7-14)26-19-18(22-10-11-23-19)24-12-3-13-24/h1-2,4-11,20H,3,12-13,21H2. The predicted molar refractivity (Wildman–Crippen MR) is 108 cm³/mol. The number of anilines is 3. The van der Waals surface area contributed by atoms with Gasteiger partial charge in [-0.05, 0) is 42.8 Å². The fourth-order valence-electron chi connectivity index (χ4n) is 3.28. The van der Waals surface area contributed by atoms with E-state index in [-0.39, 0.29) is 5.50 Å². The maximum atomic E-state index is 6.33. The molecule has 0 radical (unpaired) electrons. The fourth-order valence-corrected chi connectivity index (χ4v) is 4.33. The normalized spacial score (nSPS) is 18.2. The molecule has 0 amide bonds. The quantitative estimate of drug-likeness (QED) is 0.738. The third kappa shape index (κ3) is 2.98. The number of nitrogens with two attached hydrogens (primary N) is 1. The Morgan fingerprint density at radius 3 is 2.56 bits per heavy atom. The Bertz CT molecular complexity index is 961. The lowest BCUT2D eigenvalue weighted by Crippen LogP contribution is -2.37. The second-order valence-corrected chi connectivity index (χ2v) is 7.63. The maximum absolute atomic E-state index is 6.33. The summed E-state index contributed by atoms with van der Waals surface area (Å²) in [6.45, 7) is 2.00. The zero-order valence-electron chi connectivity index (χ0n) is 14.7. The van der Waals surface area contributed by atoms with Crippen LogP contribution < -0.4 is 20.3 Å². The third-order valence-electron chi connectivity index (χ3n) is 4.76. The SMILES string of the molecule is NC1Sc2ccccc2N1c1ccc(Oc2nccnc2N2CCC2)cc1. The highest BCUT2D eigenvalue weighted by Crippen LogP contribution is 2.45. The molecule has 27 heavy (non-hydrogen) atoms. The average Bonchev–Trinajstić information content (AvgIpc) is 2.98. The zero-order chi connectivity index (χ0) is 18.2. The van der Waals surface area contributed by atoms with Crippen molar-refractivity contribution < 1.29 is 4.74 Å². The molecule has 1 fully saturated rings. The minimum Gasteiger partial charge on any atom is -0.436 e. The lowest BCUT2D eigenvalue weighted by Gasteiger charge is -2.32. The van der Waals surface area contributed by atoms with Crippen molar-refractivity contribution in [3.05, 3.63) is 60.9 Å². The predicted octanol–water partition coefficient (Wildman–Crippen LogP) is 3.97. The molecule has 3 heterocycles. The Morgan fingerprint density at radius 1 is 1.00 bits per heavy atom. The van der Waals surface area contributed by atoms with Crippen LogP contribution in [0.4, 0.5) is 17.2 Å². The van der Waals surface area contributed by atoms with Crippen molar-refractivity contribution in [3.8, 4) is 11.6 Å². The number of ether oxygens (including phenoxy) is 1. The van der Waals surface area contributed by atoms with Gasteiger partial charge in [0, 0.05) is 36.1 Å². The van der Waals surface area contributed by atoms with Crippen LogP contribution in [0, 0.1) is 0 Å². The molecular formula is C20H19N5OS. The highest BCUT2D eigenvalue weighted by Gasteiger charge is 2.28. The van der Waals surface area contributed by atoms with Crippen LogP contribution in [0.3, 0.4) is 0 Å². The molecule has 2 aliphatic heterocycles. The highest BCUT2D eigenvalue weighted by molar-refractivity contribution is 8.00. The van der Waals surface area contributed by atoms with Crippen molar-refractivity contribution in [2.45, 2.75) is 16.8 Å². The lowest BCUT2D eigenvalue weighted by molar-refractivity contribution is 0.453. The molecule has 1 aromatic heterocycles. The Labute approximate surface area is 162 Å². The van der Waals surface area contributed by atoms with Crippen molar-refractivity contribution in [2.75, 3.05) is 22.9 Å². The van der Waals surface area contributed by atoms with Crippen LogP contribution in [0.5, 0.6) is 11.6 Å². The summed E-state index contributed by atoms with van der Waals surface area (Å²) in [6, 6.07) is 16.2. The van der Waals surface area contributed by atoms with Gasteiger partial charge in [-0.25, -0.2) is 9.97 Å². The number of fused-ring (bicyclic) bond motifs is 1. The molecule has 7 heteroatoms. The summed E-state index contributed by atoms with van der Waals surface area (Å²) in [7, 11) is 0. The van der Waals surface area contributed by atoms with Crippen LogP contribution in [0.2, 0.25) is 0 Å². The Morgan fingerprint density at radius 2 is 1.78 bits per heavy atom. The minimum absolute atomic E-state index is 0.132. The van der Waals surface area contributed by atoms with Gasteiger partial charge in [0.25, 0.3) is 5.88 Å². The van der Waals surface area contributed by atoms with Gasteiger partial charge in [0.15, 0.2) is 5.82 Å². The summed E-state index contributed by atoms with van der Waals surface area (Å²) in [5, 5.41) is 0. The summed E-state index contributed by atoms with van der Waals surface area (Å²) >= 11 is 1.66. The molecule has 0 bridgehead atoms. The van der Waals surface area contributed by atoms with Gasteiger partial charge in [0.05, 0.1) is 5.69 Å². The molecular weight excluding hydrogens is 358 g/mol. The summed E-state index contributed by atoms with van der Waals surface area (Å²) in [5.41, 5.74) is 8.37. The smallest absolute Gasteiger partial charge is 0.263 e. The van der Waals surface area contributed by atoms with E-state index >= 15 is 0 Å². The van der Waals surface area contributed by atoms with Crippen LogP contribution >= 0.6 is 11.8 Å². The van der Waals surface area contributed by atoms with Gasteiger partial charge in [0.2, 0.25) is 0 Å². The molecule has 1 unspecified atom stereocenters. The topological polar surface area (TPSA) is 67.5 Å². The summed E-state index contributed by atoms with van der Waals surface area (Å²) in [4.78, 5) is 14.3. The molecule has 2 aliphatic rings. The number of para-hydroxylation sites is 1. The Hall–Kier alpha value is -2.77. The molecule has 0 saturated carbocycles. The first-order valence-electron chi connectivity index (χ1n) is 8.94. The van der Waals surface area contributed by atoms with Crippen molar-refractivity contribution in [2.24, 2.45) is 5.73 Å². The summed E-state index contributed by atoms with van der Waals surface area (Å²) in [5.74, 6) is 2.08. The number of hydrogen-bond acceptors (Lipinski definition) is 7. The average molecular weight is 377 g/mol. The van der Waals surface area contributed by atoms with Crippen LogP contribution in [0.15, 0.2) is 65.8 Å². The maximum Gasteiger partial charge on any atom is 0.263 e. The first kappa shape index (κ1) is 16.4. The molecule has 1 saturated heterocycles. The van der Waals surface area contributed by atoms with Gasteiger partial charge in [0.1, 0.15) is 11.2 Å². The summed E-state index contributed by atoms with van der Waals surface area (Å²) < 4.78 is 6.01. The van der Waals surface area contributed by atoms with E-state index in [4.69, 9.17) is 10.5 Å². The second-order valence-electron chi connectivity index (χ2n) is 6.47. The number of thioether (sulfide) groups is 1. The summed E-state index contributed by atoms with van der Waals surface area (Å²) in [6.07, 6.45) is 4.54. The van der Waals surface area contributed by atoms with Crippen LogP contribution in [0.25, 0.3) is 0 Å². The number of nitrogens with zero attached hydrogens (tertiary/aromatic N) is 4. The molecule has 136 valence electrons. The first-order valence-corrected chi connectivity index (χ1v) is 9.82. The van der Waals surface area contributed by atoms with Crippen molar-refractivity contribution in [1.82, 2.24) is 9.97 Å². The van der Waals surface area contributed by atoms with Gasteiger partial charge in [-0.2, -0.15) is 0 Å². The van der Waals surface area contributed by atoms with E-state index in [1.807, 2.05) is 36.4 Å². The van der Waals surface area contributed by atoms with E-state index in [9.17, 15) is 0 Å². The second kappa shape index (κ2) is 6.75. The molecule has 5 rings (SSSR count). The minimum atomic E-state index is -0.132. The van der Waals surface area contributed by atoms with Gasteiger partial charge in [-0.15, -0.1) is 0 Å².